The van der Waals surface area contributed by atoms with E-state index in [9.17, 15) is 9.59 Å². The van der Waals surface area contributed by atoms with Crippen LogP contribution in [0.25, 0.3) is 6.08 Å². The van der Waals surface area contributed by atoms with Crippen molar-refractivity contribution in [1.82, 2.24) is 19.6 Å². The van der Waals surface area contributed by atoms with Gasteiger partial charge in [0.15, 0.2) is 0 Å². The first-order chi connectivity index (χ1) is 9.99. The summed E-state index contributed by atoms with van der Waals surface area (Å²) in [6.45, 7) is 3.93. The first-order valence-corrected chi connectivity index (χ1v) is 6.91. The smallest absolute Gasteiger partial charge is 0.320 e. The first kappa shape index (κ1) is 15.2. The van der Waals surface area contributed by atoms with Crippen molar-refractivity contribution in [1.29, 1.82) is 0 Å². The molecule has 0 aromatic carbocycles. The molecule has 21 heavy (non-hydrogen) atoms. The molecule has 7 heteroatoms. The minimum atomic E-state index is -0.828. The summed E-state index contributed by atoms with van der Waals surface area (Å²) in [5.41, 5.74) is 0.862. The number of aromatic nitrogens is 2. The number of piperazine rings is 1. The van der Waals surface area contributed by atoms with Gasteiger partial charge in [-0.25, -0.2) is 0 Å². The number of carbonyl (C=O) groups excluding carboxylic acids is 1. The molecule has 1 fully saturated rings. The van der Waals surface area contributed by atoms with Crippen LogP contribution < -0.4 is 0 Å². The molecule has 1 unspecified atom stereocenters. The van der Waals surface area contributed by atoms with Crippen LogP contribution in [0.15, 0.2) is 18.3 Å². The first-order valence-electron chi connectivity index (χ1n) is 6.91. The van der Waals surface area contributed by atoms with E-state index in [2.05, 4.69) is 5.10 Å². The Kier molecular flexibility index (Phi) is 4.74. The molecule has 2 rings (SSSR count). The van der Waals surface area contributed by atoms with E-state index >= 15 is 0 Å². The lowest BCUT2D eigenvalue weighted by atomic mass is 10.2. The van der Waals surface area contributed by atoms with E-state index in [0.717, 1.165) is 5.69 Å². The zero-order chi connectivity index (χ0) is 15.4. The molecule has 1 saturated heterocycles. The summed E-state index contributed by atoms with van der Waals surface area (Å²) in [7, 11) is 1.82. The Morgan fingerprint density at radius 1 is 1.33 bits per heavy atom. The van der Waals surface area contributed by atoms with Crippen molar-refractivity contribution in [2.75, 3.05) is 26.2 Å². The summed E-state index contributed by atoms with van der Waals surface area (Å²) in [5, 5.41) is 13.0. The second-order valence-electron chi connectivity index (χ2n) is 5.09. The minimum Gasteiger partial charge on any atom is -0.480 e. The molecule has 1 aliphatic rings. The number of aryl methyl sites for hydroxylation is 1. The summed E-state index contributed by atoms with van der Waals surface area (Å²) in [6, 6.07) is 1.32. The van der Waals surface area contributed by atoms with E-state index in [0.29, 0.717) is 26.2 Å². The molecule has 1 aromatic rings. The normalized spacial score (nSPS) is 18.1. The van der Waals surface area contributed by atoms with Crippen molar-refractivity contribution in [3.05, 3.63) is 24.0 Å². The Labute approximate surface area is 123 Å². The maximum atomic E-state index is 12.1. The highest BCUT2D eigenvalue weighted by Crippen LogP contribution is 2.08. The molecule has 2 heterocycles. The monoisotopic (exact) mass is 292 g/mol. The molecule has 1 aromatic heterocycles. The van der Waals surface area contributed by atoms with Crippen LogP contribution in [0.1, 0.15) is 12.6 Å². The second-order valence-corrected chi connectivity index (χ2v) is 5.09. The van der Waals surface area contributed by atoms with E-state index in [1.165, 1.54) is 6.08 Å². The van der Waals surface area contributed by atoms with Crippen LogP contribution in [0.2, 0.25) is 0 Å². The molecule has 0 aliphatic carbocycles. The molecule has 1 amide bonds. The molecule has 0 bridgehead atoms. The zero-order valence-electron chi connectivity index (χ0n) is 12.3. The van der Waals surface area contributed by atoms with Gasteiger partial charge in [-0.1, -0.05) is 0 Å². The summed E-state index contributed by atoms with van der Waals surface area (Å²) in [6.07, 6.45) is 4.95. The molecule has 114 valence electrons. The third-order valence-corrected chi connectivity index (χ3v) is 3.79. The molecule has 0 saturated carbocycles. The van der Waals surface area contributed by atoms with Crippen molar-refractivity contribution < 1.29 is 14.7 Å². The van der Waals surface area contributed by atoms with Crippen molar-refractivity contribution in [3.8, 4) is 0 Å². The molecule has 7 nitrogen and oxygen atoms in total. The van der Waals surface area contributed by atoms with Gasteiger partial charge in [0.2, 0.25) is 5.91 Å². The summed E-state index contributed by atoms with van der Waals surface area (Å²) in [5.74, 6) is -0.885. The molecule has 1 N–H and O–H groups in total. The lowest BCUT2D eigenvalue weighted by molar-refractivity contribution is -0.143. The average molecular weight is 292 g/mol. The van der Waals surface area contributed by atoms with Gasteiger partial charge in [0, 0.05) is 45.5 Å². The lowest BCUT2D eigenvalue weighted by Crippen LogP contribution is -2.52. The summed E-state index contributed by atoms with van der Waals surface area (Å²) < 4.78 is 1.69. The van der Waals surface area contributed by atoms with Crippen LogP contribution >= 0.6 is 0 Å². The van der Waals surface area contributed by atoms with Crippen LogP contribution in [-0.4, -0.2) is 68.8 Å². The SMILES string of the molecule is CC(C(=O)O)N1CCN(C(=O)C=Cc2ccnn2C)CC1. The fraction of sp³-hybridized carbons (Fsp3) is 0.500. The number of nitrogens with zero attached hydrogens (tertiary/aromatic N) is 4. The molecule has 0 radical (unpaired) electrons. The number of aliphatic carboxylic acids is 1. The Balaban J connectivity index is 1.87. The highest BCUT2D eigenvalue weighted by molar-refractivity contribution is 5.91. The number of hydrogen-bond donors (Lipinski definition) is 1. The van der Waals surface area contributed by atoms with Crippen molar-refractivity contribution >= 4 is 18.0 Å². The lowest BCUT2D eigenvalue weighted by Gasteiger charge is -2.36. The average Bonchev–Trinajstić information content (AvgIpc) is 2.89. The van der Waals surface area contributed by atoms with Crippen molar-refractivity contribution in [2.45, 2.75) is 13.0 Å². The highest BCUT2D eigenvalue weighted by atomic mass is 16.4. The summed E-state index contributed by atoms with van der Waals surface area (Å²) in [4.78, 5) is 26.6. The maximum absolute atomic E-state index is 12.1. The Bertz CT molecular complexity index is 544. The molecular formula is C14H20N4O3. The van der Waals surface area contributed by atoms with Gasteiger partial charge >= 0.3 is 5.97 Å². The maximum Gasteiger partial charge on any atom is 0.320 e. The van der Waals surface area contributed by atoms with Crippen LogP contribution in [0.4, 0.5) is 0 Å². The van der Waals surface area contributed by atoms with Gasteiger partial charge < -0.3 is 10.0 Å². The Morgan fingerprint density at radius 2 is 2.00 bits per heavy atom. The van der Waals surface area contributed by atoms with E-state index < -0.39 is 12.0 Å². The van der Waals surface area contributed by atoms with Gasteiger partial charge in [0.1, 0.15) is 6.04 Å². The minimum absolute atomic E-state index is 0.0566. The standard InChI is InChI=1S/C14H20N4O3/c1-11(14(20)21)17-7-9-18(10-8-17)13(19)4-3-12-5-6-15-16(12)2/h3-6,11H,7-10H2,1-2H3,(H,20,21). The van der Waals surface area contributed by atoms with Gasteiger partial charge in [-0.05, 0) is 19.1 Å². The van der Waals surface area contributed by atoms with Crippen molar-refractivity contribution in [3.63, 3.8) is 0 Å². The number of carbonyl (C=O) groups is 2. The molecule has 1 aliphatic heterocycles. The topological polar surface area (TPSA) is 78.7 Å². The van der Waals surface area contributed by atoms with E-state index in [1.54, 1.807) is 28.8 Å². The van der Waals surface area contributed by atoms with Gasteiger partial charge in [-0.15, -0.1) is 0 Å². The third-order valence-electron chi connectivity index (χ3n) is 3.79. The quantitative estimate of drug-likeness (QED) is 0.793. The second kappa shape index (κ2) is 6.53. The van der Waals surface area contributed by atoms with E-state index in [-0.39, 0.29) is 5.91 Å². The third kappa shape index (κ3) is 3.69. The van der Waals surface area contributed by atoms with Crippen LogP contribution in [0.3, 0.4) is 0 Å². The Morgan fingerprint density at radius 3 is 2.52 bits per heavy atom. The number of carboxylic acid groups (broad SMARTS) is 1. The molecular weight excluding hydrogens is 272 g/mol. The zero-order valence-corrected chi connectivity index (χ0v) is 12.3. The van der Waals surface area contributed by atoms with Crippen LogP contribution in [0, 0.1) is 0 Å². The molecule has 1 atom stereocenters. The largest absolute Gasteiger partial charge is 0.480 e. The number of carboxylic acids is 1. The number of hydrogen-bond acceptors (Lipinski definition) is 4. The van der Waals surface area contributed by atoms with E-state index in [1.807, 2.05) is 18.0 Å². The predicted molar refractivity (Wildman–Crippen MR) is 77.5 cm³/mol. The fourth-order valence-corrected chi connectivity index (χ4v) is 2.30. The number of amides is 1. The molecule has 0 spiro atoms. The highest BCUT2D eigenvalue weighted by Gasteiger charge is 2.26. The Hall–Kier alpha value is -2.15. The van der Waals surface area contributed by atoms with Gasteiger partial charge in [-0.2, -0.15) is 5.10 Å². The predicted octanol–water partition coefficient (Wildman–Crippen LogP) is 0.0506. The van der Waals surface area contributed by atoms with Crippen LogP contribution in [-0.2, 0) is 16.6 Å². The fourth-order valence-electron chi connectivity index (χ4n) is 2.30. The van der Waals surface area contributed by atoms with Gasteiger partial charge in [0.05, 0.1) is 5.69 Å². The van der Waals surface area contributed by atoms with Crippen molar-refractivity contribution in [2.24, 2.45) is 7.05 Å². The number of rotatable bonds is 4. The van der Waals surface area contributed by atoms with E-state index in [4.69, 9.17) is 5.11 Å². The van der Waals surface area contributed by atoms with Gasteiger partial charge in [0.25, 0.3) is 0 Å². The summed E-state index contributed by atoms with van der Waals surface area (Å²) >= 11 is 0. The van der Waals surface area contributed by atoms with Gasteiger partial charge in [-0.3, -0.25) is 19.2 Å². The van der Waals surface area contributed by atoms with Crippen LogP contribution in [0.5, 0.6) is 0 Å².